The number of halogens is 2. The first kappa shape index (κ1) is 24.9. The van der Waals surface area contributed by atoms with Crippen molar-refractivity contribution in [2.45, 2.75) is 18.1 Å². The molecular weight excluding hydrogens is 501 g/mol. The lowest BCUT2D eigenvalue weighted by molar-refractivity contribution is -0.117. The number of nitrogens with one attached hydrogen (secondary N) is 1. The predicted molar refractivity (Wildman–Crippen MR) is 141 cm³/mol. The molecule has 0 aliphatic carbocycles. The molecule has 176 valence electrons. The van der Waals surface area contributed by atoms with Gasteiger partial charge in [0, 0.05) is 12.2 Å². The highest BCUT2D eigenvalue weighted by molar-refractivity contribution is 8.05. The Morgan fingerprint density at radius 2 is 1.69 bits per heavy atom. The number of carbonyl (C=O) groups excluding carboxylic acids is 2. The Balaban J connectivity index is 1.62. The van der Waals surface area contributed by atoms with E-state index >= 15 is 0 Å². The summed E-state index contributed by atoms with van der Waals surface area (Å²) in [4.78, 5) is 28.0. The fourth-order valence-corrected chi connectivity index (χ4v) is 5.45. The molecule has 3 aromatic rings. The number of nitrogens with zero attached hydrogens (tertiary/aromatic N) is 2. The van der Waals surface area contributed by atoms with Gasteiger partial charge in [-0.2, -0.15) is 5.26 Å². The molecule has 3 aromatic carbocycles. The van der Waals surface area contributed by atoms with Crippen molar-refractivity contribution in [1.82, 2.24) is 5.32 Å². The fraction of sp³-hybridized carbons (Fsp3) is 0.148. The summed E-state index contributed by atoms with van der Waals surface area (Å²) in [7, 11) is 0. The summed E-state index contributed by atoms with van der Waals surface area (Å²) in [6.07, 6.45) is 0.940. The van der Waals surface area contributed by atoms with Gasteiger partial charge in [0.1, 0.15) is 16.7 Å². The van der Waals surface area contributed by atoms with Gasteiger partial charge in [0.15, 0.2) is 0 Å². The Morgan fingerprint density at radius 1 is 1.00 bits per heavy atom. The molecule has 1 aliphatic rings. The largest absolute Gasteiger partial charge is 0.351 e. The third kappa shape index (κ3) is 5.71. The van der Waals surface area contributed by atoms with Gasteiger partial charge in [0.25, 0.3) is 5.91 Å². The highest BCUT2D eigenvalue weighted by Crippen LogP contribution is 2.42. The van der Waals surface area contributed by atoms with Crippen LogP contribution >= 0.6 is 35.0 Å². The standard InChI is InChI=1S/C27H21Cl2N3O2S/c28-22-13-7-10-19(24(22)29)16-23-26(34)32(20-11-5-2-6-12-20)27(35-23)21(17-30)25(33)31-15-14-18-8-3-1-4-9-18/h1-13,23H,14-16H2,(H,31,33)/b27-21-. The second kappa shape index (κ2) is 11.5. The number of thioether (sulfide) groups is 1. The van der Waals surface area contributed by atoms with Crippen molar-refractivity contribution in [2.75, 3.05) is 11.4 Å². The van der Waals surface area contributed by atoms with E-state index in [1.54, 1.807) is 36.4 Å². The van der Waals surface area contributed by atoms with E-state index in [2.05, 4.69) is 5.32 Å². The minimum Gasteiger partial charge on any atom is -0.351 e. The molecule has 5 nitrogen and oxygen atoms in total. The molecule has 1 unspecified atom stereocenters. The first-order valence-corrected chi connectivity index (χ1v) is 12.6. The molecule has 0 bridgehead atoms. The summed E-state index contributed by atoms with van der Waals surface area (Å²) in [5.41, 5.74) is 2.29. The van der Waals surface area contributed by atoms with Crippen LogP contribution in [0.15, 0.2) is 89.5 Å². The Hall–Kier alpha value is -3.24. The zero-order chi connectivity index (χ0) is 24.8. The Kier molecular flexibility index (Phi) is 8.14. The molecule has 1 N–H and O–H groups in total. The molecule has 35 heavy (non-hydrogen) atoms. The van der Waals surface area contributed by atoms with Crippen LogP contribution in [0.5, 0.6) is 0 Å². The molecule has 0 saturated carbocycles. The number of hydrogen-bond donors (Lipinski definition) is 1. The number of benzene rings is 3. The van der Waals surface area contributed by atoms with Crippen LogP contribution in [0.1, 0.15) is 11.1 Å². The lowest BCUT2D eigenvalue weighted by atomic mass is 10.1. The van der Waals surface area contributed by atoms with Crippen molar-refractivity contribution in [3.05, 3.63) is 111 Å². The summed E-state index contributed by atoms with van der Waals surface area (Å²) in [6.45, 7) is 0.368. The molecule has 1 atom stereocenters. The monoisotopic (exact) mass is 521 g/mol. The zero-order valence-corrected chi connectivity index (χ0v) is 20.9. The first-order chi connectivity index (χ1) is 17.0. The van der Waals surface area contributed by atoms with Gasteiger partial charge >= 0.3 is 0 Å². The van der Waals surface area contributed by atoms with Gasteiger partial charge in [-0.05, 0) is 42.2 Å². The van der Waals surface area contributed by atoms with Crippen molar-refractivity contribution < 1.29 is 9.59 Å². The van der Waals surface area contributed by atoms with Gasteiger partial charge in [0.2, 0.25) is 5.91 Å². The third-order valence-corrected chi connectivity index (χ3v) is 7.62. The number of para-hydroxylation sites is 1. The van der Waals surface area contributed by atoms with Gasteiger partial charge < -0.3 is 5.32 Å². The number of carbonyl (C=O) groups is 2. The van der Waals surface area contributed by atoms with Crippen molar-refractivity contribution in [3.63, 3.8) is 0 Å². The van der Waals surface area contributed by atoms with E-state index in [1.807, 2.05) is 48.5 Å². The van der Waals surface area contributed by atoms with E-state index in [4.69, 9.17) is 23.2 Å². The number of nitriles is 1. The summed E-state index contributed by atoms with van der Waals surface area (Å²) >= 11 is 13.7. The summed E-state index contributed by atoms with van der Waals surface area (Å²) < 4.78 is 0. The van der Waals surface area contributed by atoms with E-state index in [1.165, 1.54) is 16.7 Å². The first-order valence-electron chi connectivity index (χ1n) is 10.9. The van der Waals surface area contributed by atoms with E-state index in [9.17, 15) is 14.9 Å². The summed E-state index contributed by atoms with van der Waals surface area (Å²) in [5, 5.41) is 13.3. The lowest BCUT2D eigenvalue weighted by Crippen LogP contribution is -2.32. The molecule has 1 aliphatic heterocycles. The average Bonchev–Trinajstić information content (AvgIpc) is 3.19. The number of hydrogen-bond acceptors (Lipinski definition) is 4. The van der Waals surface area contributed by atoms with Gasteiger partial charge in [0.05, 0.1) is 15.3 Å². The second-order valence-corrected chi connectivity index (χ2v) is 9.79. The normalized spacial score (nSPS) is 16.7. The topological polar surface area (TPSA) is 73.2 Å². The summed E-state index contributed by atoms with van der Waals surface area (Å²) in [5.74, 6) is -0.738. The van der Waals surface area contributed by atoms with Gasteiger partial charge in [-0.1, -0.05) is 95.6 Å². The SMILES string of the molecule is N#C/C(C(=O)NCCc1ccccc1)=C1/SC(Cc2cccc(Cl)c2Cl)C(=O)N1c1ccccc1. The maximum atomic E-state index is 13.5. The van der Waals surface area contributed by atoms with Crippen molar-refractivity contribution >= 4 is 52.5 Å². The van der Waals surface area contributed by atoms with Gasteiger partial charge in [-0.15, -0.1) is 0 Å². The van der Waals surface area contributed by atoms with Crippen molar-refractivity contribution in [1.29, 1.82) is 5.26 Å². The van der Waals surface area contributed by atoms with Gasteiger partial charge in [-0.25, -0.2) is 0 Å². The minimum absolute atomic E-state index is 0.0973. The smallest absolute Gasteiger partial charge is 0.264 e. The molecule has 1 saturated heterocycles. The van der Waals surface area contributed by atoms with E-state index in [0.717, 1.165) is 11.1 Å². The van der Waals surface area contributed by atoms with Crippen LogP contribution in [-0.2, 0) is 22.4 Å². The van der Waals surface area contributed by atoms with E-state index in [0.29, 0.717) is 40.1 Å². The number of rotatable bonds is 7. The Bertz CT molecular complexity index is 1310. The fourth-order valence-electron chi connectivity index (χ4n) is 3.76. The molecule has 0 spiro atoms. The molecule has 0 aromatic heterocycles. The number of amides is 2. The molecule has 8 heteroatoms. The molecule has 1 heterocycles. The molecule has 1 fully saturated rings. The lowest BCUT2D eigenvalue weighted by Gasteiger charge is -2.18. The Labute approximate surface area is 218 Å². The quantitative estimate of drug-likeness (QED) is 0.316. The maximum absolute atomic E-state index is 13.5. The van der Waals surface area contributed by atoms with Crippen LogP contribution in [0.2, 0.25) is 10.0 Å². The number of anilines is 1. The second-order valence-electron chi connectivity index (χ2n) is 7.82. The zero-order valence-electron chi connectivity index (χ0n) is 18.6. The third-order valence-electron chi connectivity index (χ3n) is 5.50. The van der Waals surface area contributed by atoms with Crippen LogP contribution in [0.4, 0.5) is 5.69 Å². The minimum atomic E-state index is -0.568. The highest BCUT2D eigenvalue weighted by Gasteiger charge is 2.41. The van der Waals surface area contributed by atoms with Crippen LogP contribution < -0.4 is 10.2 Å². The van der Waals surface area contributed by atoms with Gasteiger partial charge in [-0.3, -0.25) is 14.5 Å². The van der Waals surface area contributed by atoms with Crippen LogP contribution in [0.25, 0.3) is 0 Å². The molecular formula is C27H21Cl2N3O2S. The average molecular weight is 522 g/mol. The van der Waals surface area contributed by atoms with Crippen LogP contribution in [0, 0.1) is 11.3 Å². The van der Waals surface area contributed by atoms with Crippen LogP contribution in [0.3, 0.4) is 0 Å². The molecule has 2 amide bonds. The molecule has 4 rings (SSSR count). The molecule has 0 radical (unpaired) electrons. The van der Waals surface area contributed by atoms with E-state index < -0.39 is 11.2 Å². The maximum Gasteiger partial charge on any atom is 0.264 e. The van der Waals surface area contributed by atoms with Crippen molar-refractivity contribution in [2.24, 2.45) is 0 Å². The van der Waals surface area contributed by atoms with Crippen LogP contribution in [-0.4, -0.2) is 23.6 Å². The summed E-state index contributed by atoms with van der Waals surface area (Å²) in [6, 6.07) is 26.1. The Morgan fingerprint density at radius 3 is 2.37 bits per heavy atom. The van der Waals surface area contributed by atoms with E-state index in [-0.39, 0.29) is 11.5 Å². The van der Waals surface area contributed by atoms with Crippen molar-refractivity contribution in [3.8, 4) is 6.07 Å². The predicted octanol–water partition coefficient (Wildman–Crippen LogP) is 5.78. The highest BCUT2D eigenvalue weighted by atomic mass is 35.5.